The second-order valence-corrected chi connectivity index (χ2v) is 6.91. The van der Waals surface area contributed by atoms with E-state index in [4.69, 9.17) is 11.6 Å². The molecule has 6 heteroatoms. The number of hydrogen-bond acceptors (Lipinski definition) is 4. The van der Waals surface area contributed by atoms with E-state index >= 15 is 0 Å². The van der Waals surface area contributed by atoms with Gasteiger partial charge in [-0.15, -0.1) is 0 Å². The molecule has 0 bridgehead atoms. The SMILES string of the molecule is CC(=O)Nc1ccc(-c2cnc(Cl)nc2NCC(C)(C)C)cc1. The van der Waals surface area contributed by atoms with Crippen LogP contribution in [0.15, 0.2) is 30.5 Å². The fraction of sp³-hybridized carbons (Fsp3) is 0.353. The van der Waals surface area contributed by atoms with Crippen molar-refractivity contribution in [3.8, 4) is 11.1 Å². The van der Waals surface area contributed by atoms with Crippen molar-refractivity contribution >= 4 is 29.0 Å². The van der Waals surface area contributed by atoms with Gasteiger partial charge < -0.3 is 10.6 Å². The molecule has 122 valence electrons. The Morgan fingerprint density at radius 3 is 2.43 bits per heavy atom. The number of aromatic nitrogens is 2. The lowest BCUT2D eigenvalue weighted by atomic mass is 9.97. The van der Waals surface area contributed by atoms with E-state index in [9.17, 15) is 4.79 Å². The number of nitrogens with zero attached hydrogens (tertiary/aromatic N) is 2. The maximum Gasteiger partial charge on any atom is 0.224 e. The Morgan fingerprint density at radius 1 is 1.22 bits per heavy atom. The molecule has 0 aliphatic rings. The van der Waals surface area contributed by atoms with Gasteiger partial charge in [-0.1, -0.05) is 32.9 Å². The molecule has 1 aromatic carbocycles. The highest BCUT2D eigenvalue weighted by molar-refractivity contribution is 6.28. The van der Waals surface area contributed by atoms with Crippen LogP contribution in [0.4, 0.5) is 11.5 Å². The molecule has 2 aromatic rings. The molecule has 0 spiro atoms. The summed E-state index contributed by atoms with van der Waals surface area (Å²) >= 11 is 5.93. The summed E-state index contributed by atoms with van der Waals surface area (Å²) in [5.41, 5.74) is 2.68. The highest BCUT2D eigenvalue weighted by Crippen LogP contribution is 2.28. The number of carbonyl (C=O) groups is 1. The highest BCUT2D eigenvalue weighted by atomic mass is 35.5. The van der Waals surface area contributed by atoms with E-state index < -0.39 is 0 Å². The highest BCUT2D eigenvalue weighted by Gasteiger charge is 2.14. The molecule has 5 nitrogen and oxygen atoms in total. The Bertz CT molecular complexity index is 693. The molecule has 1 heterocycles. The van der Waals surface area contributed by atoms with E-state index in [2.05, 4.69) is 41.4 Å². The van der Waals surface area contributed by atoms with Crippen LogP contribution >= 0.6 is 11.6 Å². The van der Waals surface area contributed by atoms with E-state index in [0.717, 1.165) is 23.4 Å². The second-order valence-electron chi connectivity index (χ2n) is 6.57. The average molecular weight is 333 g/mol. The van der Waals surface area contributed by atoms with E-state index in [-0.39, 0.29) is 16.6 Å². The largest absolute Gasteiger partial charge is 0.369 e. The van der Waals surface area contributed by atoms with Crippen LogP contribution in [0.25, 0.3) is 11.1 Å². The Balaban J connectivity index is 2.29. The minimum Gasteiger partial charge on any atom is -0.369 e. The maximum absolute atomic E-state index is 11.1. The van der Waals surface area contributed by atoms with Crippen LogP contribution in [0.2, 0.25) is 5.28 Å². The number of halogens is 1. The number of amides is 1. The Hall–Kier alpha value is -2.14. The molecule has 0 unspecified atom stereocenters. The number of anilines is 2. The predicted octanol–water partition coefficient (Wildman–Crippen LogP) is 4.21. The minimum absolute atomic E-state index is 0.0971. The van der Waals surface area contributed by atoms with Gasteiger partial charge in [-0.05, 0) is 34.7 Å². The quantitative estimate of drug-likeness (QED) is 0.823. The van der Waals surface area contributed by atoms with Crippen molar-refractivity contribution in [1.82, 2.24) is 9.97 Å². The van der Waals surface area contributed by atoms with Crippen molar-refractivity contribution in [2.75, 3.05) is 17.2 Å². The molecule has 0 aliphatic carbocycles. The van der Waals surface area contributed by atoms with Crippen molar-refractivity contribution in [2.45, 2.75) is 27.7 Å². The zero-order valence-electron chi connectivity index (χ0n) is 13.8. The van der Waals surface area contributed by atoms with Crippen molar-refractivity contribution in [3.63, 3.8) is 0 Å². The summed E-state index contributed by atoms with van der Waals surface area (Å²) in [6.07, 6.45) is 1.70. The van der Waals surface area contributed by atoms with E-state index in [1.807, 2.05) is 24.3 Å². The second kappa shape index (κ2) is 6.96. The molecule has 0 saturated heterocycles. The summed E-state index contributed by atoms with van der Waals surface area (Å²) in [7, 11) is 0. The first-order valence-corrected chi connectivity index (χ1v) is 7.77. The molecular weight excluding hydrogens is 312 g/mol. The normalized spacial score (nSPS) is 11.2. The molecular formula is C17H21ClN4O. The lowest BCUT2D eigenvalue weighted by Crippen LogP contribution is -2.20. The zero-order valence-corrected chi connectivity index (χ0v) is 14.5. The van der Waals surface area contributed by atoms with Gasteiger partial charge in [-0.25, -0.2) is 9.97 Å². The molecule has 1 aromatic heterocycles. The first-order chi connectivity index (χ1) is 10.7. The fourth-order valence-corrected chi connectivity index (χ4v) is 2.12. The van der Waals surface area contributed by atoms with E-state index in [1.165, 1.54) is 6.92 Å². The van der Waals surface area contributed by atoms with Crippen molar-refractivity contribution in [1.29, 1.82) is 0 Å². The first kappa shape index (κ1) is 17.2. The van der Waals surface area contributed by atoms with Crippen LogP contribution in [0.5, 0.6) is 0 Å². The Morgan fingerprint density at radius 2 is 1.87 bits per heavy atom. The third-order valence-corrected chi connectivity index (χ3v) is 3.24. The van der Waals surface area contributed by atoms with Gasteiger partial charge in [0.05, 0.1) is 0 Å². The smallest absolute Gasteiger partial charge is 0.224 e. The minimum atomic E-state index is -0.0971. The fourth-order valence-electron chi connectivity index (χ4n) is 1.99. The molecule has 0 radical (unpaired) electrons. The molecule has 0 aliphatic heterocycles. The standard InChI is InChI=1S/C17H21ClN4O/c1-11(23)21-13-7-5-12(6-8-13)14-9-19-16(18)22-15(14)20-10-17(2,3)4/h5-9H,10H2,1-4H3,(H,21,23)(H,19,20,22). The third kappa shape index (κ3) is 5.21. The predicted molar refractivity (Wildman–Crippen MR) is 94.7 cm³/mol. The Labute approximate surface area is 141 Å². The molecule has 1 amide bonds. The lowest BCUT2D eigenvalue weighted by Gasteiger charge is -2.20. The maximum atomic E-state index is 11.1. The summed E-state index contributed by atoms with van der Waals surface area (Å²) in [5.74, 6) is 0.604. The molecule has 0 fully saturated rings. The van der Waals surface area contributed by atoms with Gasteiger partial charge in [0.1, 0.15) is 5.82 Å². The summed E-state index contributed by atoms with van der Waals surface area (Å²) < 4.78 is 0. The number of benzene rings is 1. The summed E-state index contributed by atoms with van der Waals surface area (Å²) in [4.78, 5) is 19.5. The van der Waals surface area contributed by atoms with E-state index in [1.54, 1.807) is 6.20 Å². The monoisotopic (exact) mass is 332 g/mol. The lowest BCUT2D eigenvalue weighted by molar-refractivity contribution is -0.114. The molecule has 0 atom stereocenters. The average Bonchev–Trinajstić information content (AvgIpc) is 2.45. The summed E-state index contributed by atoms with van der Waals surface area (Å²) in [6, 6.07) is 7.53. The number of nitrogens with one attached hydrogen (secondary N) is 2. The molecule has 0 saturated carbocycles. The van der Waals surface area contributed by atoms with E-state index in [0.29, 0.717) is 5.82 Å². The van der Waals surface area contributed by atoms with Crippen LogP contribution in [-0.4, -0.2) is 22.4 Å². The summed E-state index contributed by atoms with van der Waals surface area (Å²) in [6.45, 7) is 8.67. The Kier molecular flexibility index (Phi) is 5.21. The first-order valence-electron chi connectivity index (χ1n) is 7.39. The molecule has 2 N–H and O–H groups in total. The van der Waals surface area contributed by atoms with Gasteiger partial charge in [0.25, 0.3) is 0 Å². The molecule has 23 heavy (non-hydrogen) atoms. The van der Waals surface area contributed by atoms with Crippen molar-refractivity contribution < 1.29 is 4.79 Å². The molecule has 2 rings (SSSR count). The van der Waals surface area contributed by atoms with Crippen LogP contribution < -0.4 is 10.6 Å². The number of carbonyl (C=O) groups excluding carboxylic acids is 1. The van der Waals surface area contributed by atoms with Gasteiger partial charge in [0.15, 0.2) is 0 Å². The number of hydrogen-bond donors (Lipinski definition) is 2. The van der Waals surface area contributed by atoms with Crippen LogP contribution in [0, 0.1) is 5.41 Å². The third-order valence-electron chi connectivity index (χ3n) is 3.06. The number of rotatable bonds is 4. The van der Waals surface area contributed by atoms with Crippen molar-refractivity contribution in [3.05, 3.63) is 35.7 Å². The summed E-state index contributed by atoms with van der Waals surface area (Å²) in [5, 5.41) is 6.29. The van der Waals surface area contributed by atoms with Crippen LogP contribution in [0.1, 0.15) is 27.7 Å². The van der Waals surface area contributed by atoms with Crippen LogP contribution in [0.3, 0.4) is 0 Å². The van der Waals surface area contributed by atoms with Crippen molar-refractivity contribution in [2.24, 2.45) is 5.41 Å². The van der Waals surface area contributed by atoms with Gasteiger partial charge in [-0.2, -0.15) is 0 Å². The van der Waals surface area contributed by atoms with Gasteiger partial charge in [-0.3, -0.25) is 4.79 Å². The van der Waals surface area contributed by atoms with Gasteiger partial charge in [0, 0.05) is 30.9 Å². The van der Waals surface area contributed by atoms with Gasteiger partial charge >= 0.3 is 0 Å². The van der Waals surface area contributed by atoms with Crippen LogP contribution in [-0.2, 0) is 4.79 Å². The van der Waals surface area contributed by atoms with Gasteiger partial charge in [0.2, 0.25) is 11.2 Å². The zero-order chi connectivity index (χ0) is 17.0. The topological polar surface area (TPSA) is 66.9 Å².